The number of carbonyl (C=O) groups is 1. The van der Waals surface area contributed by atoms with Crippen molar-refractivity contribution in [2.75, 3.05) is 11.1 Å². The number of nitrogens with one attached hydrogen (secondary N) is 1. The van der Waals surface area contributed by atoms with E-state index in [0.29, 0.717) is 9.76 Å². The first kappa shape index (κ1) is 14.3. The SMILES string of the molecule is O=C(CSc1cccc[n+]1[O-])Nc1cc(F)ccc1F. The highest BCUT2D eigenvalue weighted by atomic mass is 32.2. The van der Waals surface area contributed by atoms with Crippen LogP contribution in [-0.2, 0) is 4.79 Å². The van der Waals surface area contributed by atoms with E-state index in [1.165, 1.54) is 6.20 Å². The molecule has 0 spiro atoms. The minimum absolute atomic E-state index is 0.0811. The van der Waals surface area contributed by atoms with Crippen LogP contribution in [0.2, 0.25) is 0 Å². The van der Waals surface area contributed by atoms with Crippen LogP contribution in [0.5, 0.6) is 0 Å². The van der Waals surface area contributed by atoms with Gasteiger partial charge in [-0.1, -0.05) is 0 Å². The maximum atomic E-state index is 13.3. The standard InChI is InChI=1S/C13H10F2N2O2S/c14-9-4-5-10(15)11(7-9)16-12(18)8-20-13-3-1-2-6-17(13)19/h1-7H,8H2,(H,16,18). The van der Waals surface area contributed by atoms with Crippen molar-refractivity contribution in [3.05, 3.63) is 59.4 Å². The molecule has 0 aliphatic rings. The fourth-order valence-electron chi connectivity index (χ4n) is 1.44. The lowest BCUT2D eigenvalue weighted by atomic mass is 10.3. The maximum Gasteiger partial charge on any atom is 0.251 e. The van der Waals surface area contributed by atoms with Gasteiger partial charge in [-0.25, -0.2) is 8.78 Å². The van der Waals surface area contributed by atoms with Gasteiger partial charge in [0.2, 0.25) is 5.91 Å². The molecule has 1 heterocycles. The quantitative estimate of drug-likeness (QED) is 0.535. The van der Waals surface area contributed by atoms with Crippen molar-refractivity contribution in [1.29, 1.82) is 0 Å². The van der Waals surface area contributed by atoms with E-state index < -0.39 is 17.5 Å². The molecule has 1 amide bonds. The molecule has 0 radical (unpaired) electrons. The summed E-state index contributed by atoms with van der Waals surface area (Å²) >= 11 is 1.01. The van der Waals surface area contributed by atoms with Gasteiger partial charge < -0.3 is 10.5 Å². The Labute approximate surface area is 118 Å². The molecule has 0 aliphatic heterocycles. The number of pyridine rings is 1. The lowest BCUT2D eigenvalue weighted by Crippen LogP contribution is -2.28. The first-order valence-electron chi connectivity index (χ1n) is 5.62. The van der Waals surface area contributed by atoms with Crippen LogP contribution < -0.4 is 10.0 Å². The number of hydrogen-bond donors (Lipinski definition) is 1. The highest BCUT2D eigenvalue weighted by Gasteiger charge is 2.11. The molecule has 0 aliphatic carbocycles. The minimum atomic E-state index is -0.719. The van der Waals surface area contributed by atoms with Crippen LogP contribution in [0.4, 0.5) is 14.5 Å². The molecule has 1 N–H and O–H groups in total. The smallest absolute Gasteiger partial charge is 0.251 e. The molecule has 0 fully saturated rings. The molecular formula is C13H10F2N2O2S. The van der Waals surface area contributed by atoms with Crippen molar-refractivity contribution in [2.24, 2.45) is 0 Å². The molecule has 20 heavy (non-hydrogen) atoms. The average Bonchev–Trinajstić information content (AvgIpc) is 2.42. The topological polar surface area (TPSA) is 56.0 Å². The molecular weight excluding hydrogens is 286 g/mol. The monoisotopic (exact) mass is 296 g/mol. The van der Waals surface area contributed by atoms with Crippen LogP contribution in [0.3, 0.4) is 0 Å². The third kappa shape index (κ3) is 3.67. The van der Waals surface area contributed by atoms with Crippen LogP contribution in [0, 0.1) is 16.8 Å². The zero-order valence-corrected chi connectivity index (χ0v) is 11.0. The van der Waals surface area contributed by atoms with Gasteiger partial charge in [-0.2, -0.15) is 4.73 Å². The molecule has 0 saturated heterocycles. The van der Waals surface area contributed by atoms with Crippen molar-refractivity contribution in [2.45, 2.75) is 5.03 Å². The third-order valence-electron chi connectivity index (χ3n) is 2.34. The van der Waals surface area contributed by atoms with Crippen LogP contribution in [0.1, 0.15) is 0 Å². The molecule has 7 heteroatoms. The highest BCUT2D eigenvalue weighted by Crippen LogP contribution is 2.17. The van der Waals surface area contributed by atoms with E-state index in [0.717, 1.165) is 30.0 Å². The lowest BCUT2D eigenvalue weighted by molar-refractivity contribution is -0.645. The number of benzene rings is 1. The Hall–Kier alpha value is -2.15. The van der Waals surface area contributed by atoms with E-state index in [4.69, 9.17) is 0 Å². The van der Waals surface area contributed by atoms with Gasteiger partial charge in [0, 0.05) is 18.2 Å². The van der Waals surface area contributed by atoms with E-state index in [-0.39, 0.29) is 11.4 Å². The largest absolute Gasteiger partial charge is 0.618 e. The fourth-order valence-corrected chi connectivity index (χ4v) is 2.16. The number of amides is 1. The predicted molar refractivity (Wildman–Crippen MR) is 71.1 cm³/mol. The van der Waals surface area contributed by atoms with E-state index in [9.17, 15) is 18.8 Å². The summed E-state index contributed by atoms with van der Waals surface area (Å²) in [6.45, 7) is 0. The van der Waals surface area contributed by atoms with Crippen molar-refractivity contribution < 1.29 is 18.3 Å². The number of thioether (sulfide) groups is 1. The Kier molecular flexibility index (Phi) is 4.52. The molecule has 4 nitrogen and oxygen atoms in total. The summed E-state index contributed by atoms with van der Waals surface area (Å²) in [6.07, 6.45) is 1.31. The zero-order chi connectivity index (χ0) is 14.5. The van der Waals surface area contributed by atoms with Gasteiger partial charge in [-0.15, -0.1) is 0 Å². The molecule has 0 saturated carbocycles. The van der Waals surface area contributed by atoms with E-state index in [2.05, 4.69) is 5.32 Å². The number of hydrogen-bond acceptors (Lipinski definition) is 3. The molecule has 0 atom stereocenters. The molecule has 0 bridgehead atoms. The number of rotatable bonds is 4. The van der Waals surface area contributed by atoms with Crippen molar-refractivity contribution in [3.8, 4) is 0 Å². The second-order valence-corrected chi connectivity index (χ2v) is 4.82. The van der Waals surface area contributed by atoms with Crippen LogP contribution in [-0.4, -0.2) is 11.7 Å². The summed E-state index contributed by atoms with van der Waals surface area (Å²) in [5.41, 5.74) is -0.223. The van der Waals surface area contributed by atoms with Gasteiger partial charge in [0.05, 0.1) is 11.4 Å². The van der Waals surface area contributed by atoms with Gasteiger partial charge in [0.25, 0.3) is 5.03 Å². The molecule has 2 rings (SSSR count). The normalized spacial score (nSPS) is 10.3. The predicted octanol–water partition coefficient (Wildman–Crippen LogP) is 2.33. The van der Waals surface area contributed by atoms with E-state index in [1.807, 2.05) is 0 Å². The van der Waals surface area contributed by atoms with Crippen LogP contribution in [0.25, 0.3) is 0 Å². The molecule has 1 aromatic carbocycles. The van der Waals surface area contributed by atoms with Crippen molar-refractivity contribution in [1.82, 2.24) is 0 Å². The first-order valence-corrected chi connectivity index (χ1v) is 6.61. The summed E-state index contributed by atoms with van der Waals surface area (Å²) in [7, 11) is 0. The summed E-state index contributed by atoms with van der Waals surface area (Å²) in [4.78, 5) is 11.6. The van der Waals surface area contributed by atoms with Gasteiger partial charge in [-0.3, -0.25) is 4.79 Å². The number of aromatic nitrogens is 1. The number of nitrogens with zero attached hydrogens (tertiary/aromatic N) is 1. The Morgan fingerprint density at radius 1 is 1.30 bits per heavy atom. The third-order valence-corrected chi connectivity index (χ3v) is 3.36. The number of halogens is 2. The first-order chi connectivity index (χ1) is 9.56. The van der Waals surface area contributed by atoms with Crippen LogP contribution >= 0.6 is 11.8 Å². The van der Waals surface area contributed by atoms with Crippen LogP contribution in [0.15, 0.2) is 47.6 Å². The Bertz CT molecular complexity index is 638. The van der Waals surface area contributed by atoms with Gasteiger partial charge in [0.15, 0.2) is 6.20 Å². The summed E-state index contributed by atoms with van der Waals surface area (Å²) in [6, 6.07) is 7.59. The van der Waals surface area contributed by atoms with Crippen molar-refractivity contribution in [3.63, 3.8) is 0 Å². The Morgan fingerprint density at radius 3 is 2.85 bits per heavy atom. The van der Waals surface area contributed by atoms with Gasteiger partial charge in [0.1, 0.15) is 11.6 Å². The molecule has 0 unspecified atom stereocenters. The summed E-state index contributed by atoms with van der Waals surface area (Å²) < 4.78 is 26.9. The van der Waals surface area contributed by atoms with Gasteiger partial charge in [-0.05, 0) is 30.0 Å². The van der Waals surface area contributed by atoms with Crippen molar-refractivity contribution >= 4 is 23.4 Å². The average molecular weight is 296 g/mol. The second kappa shape index (κ2) is 6.33. The zero-order valence-electron chi connectivity index (χ0n) is 10.2. The summed E-state index contributed by atoms with van der Waals surface area (Å²) in [5.74, 6) is -1.97. The number of carbonyl (C=O) groups excluding carboxylic acids is 1. The highest BCUT2D eigenvalue weighted by molar-refractivity contribution is 7.99. The molecule has 2 aromatic rings. The van der Waals surface area contributed by atoms with E-state index >= 15 is 0 Å². The Balaban J connectivity index is 1.96. The second-order valence-electron chi connectivity index (χ2n) is 3.83. The lowest BCUT2D eigenvalue weighted by Gasteiger charge is -2.06. The summed E-state index contributed by atoms with van der Waals surface area (Å²) in [5, 5.41) is 13.9. The molecule has 104 valence electrons. The Morgan fingerprint density at radius 2 is 2.10 bits per heavy atom. The molecule has 1 aromatic heterocycles. The van der Waals surface area contributed by atoms with E-state index in [1.54, 1.807) is 18.2 Å². The van der Waals surface area contributed by atoms with Gasteiger partial charge >= 0.3 is 0 Å². The fraction of sp³-hybridized carbons (Fsp3) is 0.0769. The number of anilines is 1. The maximum absolute atomic E-state index is 13.3. The minimum Gasteiger partial charge on any atom is -0.618 e.